The Bertz CT molecular complexity index is 2020. The van der Waals surface area contributed by atoms with Crippen molar-refractivity contribution in [3.05, 3.63) is 117 Å². The first-order valence-electron chi connectivity index (χ1n) is 14.4. The summed E-state index contributed by atoms with van der Waals surface area (Å²) in [4.78, 5) is 32.6. The second kappa shape index (κ2) is 14.5. The van der Waals surface area contributed by atoms with E-state index in [2.05, 4.69) is 20.9 Å². The number of methoxy groups -OCH3 is 1. The number of rotatable bonds is 10. The second-order valence-electron chi connectivity index (χ2n) is 10.6. The van der Waals surface area contributed by atoms with Gasteiger partial charge in [0.05, 0.1) is 50.1 Å². The van der Waals surface area contributed by atoms with Crippen molar-refractivity contribution in [2.45, 2.75) is 46.4 Å². The molecule has 0 saturated heterocycles. The van der Waals surface area contributed by atoms with Crippen molar-refractivity contribution in [1.82, 2.24) is 4.57 Å². The van der Waals surface area contributed by atoms with Gasteiger partial charge in [-0.05, 0) is 91.2 Å². The maximum absolute atomic E-state index is 14.2. The average molecular weight is 747 g/mol. The normalized spacial score (nSPS) is 14.6. The lowest BCUT2D eigenvalue weighted by atomic mass is 9.95. The van der Waals surface area contributed by atoms with Crippen LogP contribution >= 0.6 is 50.5 Å². The lowest BCUT2D eigenvalue weighted by Crippen LogP contribution is -2.40. The van der Waals surface area contributed by atoms with Crippen LogP contribution in [0.4, 0.5) is 0 Å². The van der Waals surface area contributed by atoms with Gasteiger partial charge in [-0.2, -0.15) is 0 Å². The second-order valence-corrected chi connectivity index (χ2v) is 13.3. The largest absolute Gasteiger partial charge is 0.493 e. The van der Waals surface area contributed by atoms with Crippen molar-refractivity contribution in [2.75, 3.05) is 13.7 Å². The predicted molar refractivity (Wildman–Crippen MR) is 184 cm³/mol. The van der Waals surface area contributed by atoms with E-state index in [0.717, 1.165) is 5.56 Å². The lowest BCUT2D eigenvalue weighted by molar-refractivity contribution is -0.139. The number of fused-ring (bicyclic) bond motifs is 1. The first-order chi connectivity index (χ1) is 22.0. The molecule has 1 aliphatic rings. The summed E-state index contributed by atoms with van der Waals surface area (Å²) >= 11 is 17.0. The molecule has 1 atom stereocenters. The molecule has 0 N–H and O–H groups in total. The summed E-state index contributed by atoms with van der Waals surface area (Å²) in [7, 11) is 1.54. The summed E-state index contributed by atoms with van der Waals surface area (Å²) in [6.07, 6.45) is 1.63. The standard InChI is InChI=1S/C34H31BrCl2N2O6S/c1-6-43-33(41)29-19(4)38-34-39(30(29)22-9-7-8-10-26(22)45-18(2)3)32(40)28(46-34)16-21-13-23(35)31(27(15-21)42-5)44-17-20-11-12-24(36)25(37)14-20/h7-16,18,30H,6,17H2,1-5H3/b28-16+/t30-/m0/s1. The van der Waals surface area contributed by atoms with Crippen LogP contribution in [0.1, 0.15) is 50.4 Å². The zero-order valence-corrected chi connectivity index (χ0v) is 29.6. The molecular weight excluding hydrogens is 715 g/mol. The number of hydrogen-bond acceptors (Lipinski definition) is 8. The molecule has 3 aromatic carbocycles. The predicted octanol–water partition coefficient (Wildman–Crippen LogP) is 7.24. The third-order valence-electron chi connectivity index (χ3n) is 7.01. The Morgan fingerprint density at radius 2 is 1.87 bits per heavy atom. The molecule has 0 radical (unpaired) electrons. The molecule has 0 aliphatic carbocycles. The first kappa shape index (κ1) is 33.8. The zero-order chi connectivity index (χ0) is 33.1. The SMILES string of the molecule is CCOC(=O)C1=C(C)N=c2s/c(=C/c3cc(Br)c(OCc4ccc(Cl)c(Cl)c4)c(OC)c3)c(=O)n2[C@H]1c1ccccc1OC(C)C. The van der Waals surface area contributed by atoms with Gasteiger partial charge in [0.1, 0.15) is 18.4 Å². The van der Waals surface area contributed by atoms with Gasteiger partial charge >= 0.3 is 5.97 Å². The minimum absolute atomic E-state index is 0.127. The highest BCUT2D eigenvalue weighted by molar-refractivity contribution is 9.10. The number of aromatic nitrogens is 1. The molecule has 5 rings (SSSR count). The van der Waals surface area contributed by atoms with Crippen LogP contribution in [0, 0.1) is 0 Å². The molecular formula is C34H31BrCl2N2O6S. The van der Waals surface area contributed by atoms with E-state index in [0.29, 0.717) is 57.9 Å². The van der Waals surface area contributed by atoms with Crippen molar-refractivity contribution < 1.29 is 23.7 Å². The Morgan fingerprint density at radius 1 is 1.11 bits per heavy atom. The molecule has 1 aromatic heterocycles. The fraction of sp³-hybridized carbons (Fsp3) is 0.265. The van der Waals surface area contributed by atoms with Crippen molar-refractivity contribution in [2.24, 2.45) is 4.99 Å². The molecule has 0 bridgehead atoms. The smallest absolute Gasteiger partial charge is 0.338 e. The Morgan fingerprint density at radius 3 is 2.57 bits per heavy atom. The van der Waals surface area contributed by atoms with E-state index >= 15 is 0 Å². The van der Waals surface area contributed by atoms with E-state index in [4.69, 9.17) is 42.1 Å². The van der Waals surface area contributed by atoms with E-state index in [9.17, 15) is 9.59 Å². The minimum atomic E-state index is -0.800. The van der Waals surface area contributed by atoms with Gasteiger partial charge in [-0.25, -0.2) is 9.79 Å². The number of benzene rings is 3. The topological polar surface area (TPSA) is 88.4 Å². The summed E-state index contributed by atoms with van der Waals surface area (Å²) in [5.41, 5.74) is 2.64. The summed E-state index contributed by atoms with van der Waals surface area (Å²) in [6, 6.07) is 15.5. The van der Waals surface area contributed by atoms with Crippen LogP contribution in [0.2, 0.25) is 10.0 Å². The average Bonchev–Trinajstić information content (AvgIpc) is 3.31. The number of hydrogen-bond donors (Lipinski definition) is 0. The molecule has 8 nitrogen and oxygen atoms in total. The zero-order valence-electron chi connectivity index (χ0n) is 25.7. The van der Waals surface area contributed by atoms with Crippen LogP contribution in [0.15, 0.2) is 80.1 Å². The van der Waals surface area contributed by atoms with E-state index in [-0.39, 0.29) is 30.5 Å². The van der Waals surface area contributed by atoms with E-state index in [1.807, 2.05) is 50.2 Å². The highest BCUT2D eigenvalue weighted by Crippen LogP contribution is 2.38. The van der Waals surface area contributed by atoms with Crippen molar-refractivity contribution in [3.63, 3.8) is 0 Å². The minimum Gasteiger partial charge on any atom is -0.493 e. The highest BCUT2D eigenvalue weighted by Gasteiger charge is 2.35. The molecule has 2 heterocycles. The van der Waals surface area contributed by atoms with Crippen LogP contribution < -0.4 is 29.1 Å². The Kier molecular flexibility index (Phi) is 10.6. The Hall–Kier alpha value is -3.57. The van der Waals surface area contributed by atoms with Gasteiger partial charge in [0.15, 0.2) is 16.3 Å². The van der Waals surface area contributed by atoms with Gasteiger partial charge in [-0.3, -0.25) is 9.36 Å². The Labute approximate surface area is 288 Å². The number of thiazole rings is 1. The van der Waals surface area contributed by atoms with Crippen LogP contribution in [0.25, 0.3) is 6.08 Å². The molecule has 0 fully saturated rings. The van der Waals surface area contributed by atoms with Crippen LogP contribution in [0.5, 0.6) is 17.2 Å². The van der Waals surface area contributed by atoms with Gasteiger partial charge in [-0.1, -0.05) is 58.8 Å². The maximum Gasteiger partial charge on any atom is 0.338 e. The summed E-state index contributed by atoms with van der Waals surface area (Å²) in [5.74, 6) is 0.987. The number of carbonyl (C=O) groups is 1. The van der Waals surface area contributed by atoms with Crippen molar-refractivity contribution in [1.29, 1.82) is 0 Å². The van der Waals surface area contributed by atoms with Crippen molar-refractivity contribution >= 4 is 62.5 Å². The summed E-state index contributed by atoms with van der Waals surface area (Å²) in [6.45, 7) is 7.75. The lowest BCUT2D eigenvalue weighted by Gasteiger charge is -2.26. The number of ether oxygens (including phenoxy) is 4. The Balaban J connectivity index is 1.59. The van der Waals surface area contributed by atoms with Crippen LogP contribution in [-0.2, 0) is 16.1 Å². The third-order valence-corrected chi connectivity index (χ3v) is 9.32. The number of halogens is 3. The number of esters is 1. The quantitative estimate of drug-likeness (QED) is 0.159. The fourth-order valence-corrected chi connectivity index (χ4v) is 6.99. The van der Waals surface area contributed by atoms with E-state index < -0.39 is 12.0 Å². The molecule has 4 aromatic rings. The molecule has 0 amide bonds. The maximum atomic E-state index is 14.2. The number of allylic oxidation sites excluding steroid dienone is 1. The van der Waals surface area contributed by atoms with Gasteiger partial charge in [0.25, 0.3) is 5.56 Å². The molecule has 1 aliphatic heterocycles. The van der Waals surface area contributed by atoms with E-state index in [1.165, 1.54) is 11.3 Å². The van der Waals surface area contributed by atoms with Gasteiger partial charge in [0.2, 0.25) is 0 Å². The molecule has 12 heteroatoms. The summed E-state index contributed by atoms with van der Waals surface area (Å²) in [5, 5.41) is 0.902. The molecule has 240 valence electrons. The van der Waals surface area contributed by atoms with Gasteiger partial charge < -0.3 is 18.9 Å². The third kappa shape index (κ3) is 7.05. The van der Waals surface area contributed by atoms with Crippen LogP contribution in [-0.4, -0.2) is 30.4 Å². The van der Waals surface area contributed by atoms with E-state index in [1.54, 1.807) is 49.8 Å². The van der Waals surface area contributed by atoms with Crippen LogP contribution in [0.3, 0.4) is 0 Å². The molecule has 0 saturated carbocycles. The highest BCUT2D eigenvalue weighted by atomic mass is 79.9. The number of nitrogens with zero attached hydrogens (tertiary/aromatic N) is 2. The first-order valence-corrected chi connectivity index (χ1v) is 16.8. The summed E-state index contributed by atoms with van der Waals surface area (Å²) < 4.78 is 25.9. The van der Waals surface area contributed by atoms with Gasteiger partial charge in [0, 0.05) is 5.56 Å². The number of para-hydroxylation sites is 1. The molecule has 0 unspecified atom stereocenters. The number of carbonyl (C=O) groups excluding carboxylic acids is 1. The molecule has 46 heavy (non-hydrogen) atoms. The monoisotopic (exact) mass is 744 g/mol. The molecule has 0 spiro atoms. The van der Waals surface area contributed by atoms with Gasteiger partial charge in [-0.15, -0.1) is 0 Å². The van der Waals surface area contributed by atoms with Crippen molar-refractivity contribution in [3.8, 4) is 17.2 Å². The fourth-order valence-electron chi connectivity index (χ4n) is 5.05.